The predicted molar refractivity (Wildman–Crippen MR) is 64.8 cm³/mol. The first kappa shape index (κ1) is 12.2. The standard InChI is InChI=1S/C13H22N2/c1-4-6-11-8-12(7-5-2)13(10(3)14)15-9-11/h8-10H,4-7,14H2,1-3H3. The van der Waals surface area contributed by atoms with Gasteiger partial charge in [-0.05, 0) is 30.9 Å². The first-order valence-electron chi connectivity index (χ1n) is 5.92. The number of rotatable bonds is 5. The van der Waals surface area contributed by atoms with E-state index >= 15 is 0 Å². The third kappa shape index (κ3) is 3.31. The van der Waals surface area contributed by atoms with Gasteiger partial charge in [-0.15, -0.1) is 0 Å². The summed E-state index contributed by atoms with van der Waals surface area (Å²) in [6.45, 7) is 6.39. The van der Waals surface area contributed by atoms with Crippen LogP contribution in [0.5, 0.6) is 0 Å². The second-order valence-electron chi connectivity index (χ2n) is 4.18. The average molecular weight is 206 g/mol. The van der Waals surface area contributed by atoms with Crippen LogP contribution in [0.25, 0.3) is 0 Å². The zero-order chi connectivity index (χ0) is 11.3. The zero-order valence-electron chi connectivity index (χ0n) is 10.1. The van der Waals surface area contributed by atoms with E-state index in [1.807, 2.05) is 13.1 Å². The SMILES string of the molecule is CCCc1cnc(C(C)N)c(CCC)c1. The van der Waals surface area contributed by atoms with Gasteiger partial charge in [-0.1, -0.05) is 32.8 Å². The first-order valence-corrected chi connectivity index (χ1v) is 5.92. The lowest BCUT2D eigenvalue weighted by atomic mass is 10.0. The molecule has 0 aliphatic rings. The molecule has 1 unspecified atom stereocenters. The molecule has 0 aliphatic heterocycles. The van der Waals surface area contributed by atoms with E-state index in [-0.39, 0.29) is 6.04 Å². The maximum Gasteiger partial charge on any atom is 0.0600 e. The molecule has 0 radical (unpaired) electrons. The Balaban J connectivity index is 2.97. The van der Waals surface area contributed by atoms with Gasteiger partial charge >= 0.3 is 0 Å². The van der Waals surface area contributed by atoms with E-state index in [0.29, 0.717) is 0 Å². The quantitative estimate of drug-likeness (QED) is 0.804. The minimum Gasteiger partial charge on any atom is -0.323 e. The summed E-state index contributed by atoms with van der Waals surface area (Å²) in [6.07, 6.45) is 6.49. The lowest BCUT2D eigenvalue weighted by Crippen LogP contribution is -2.11. The lowest BCUT2D eigenvalue weighted by Gasteiger charge is -2.12. The van der Waals surface area contributed by atoms with Crippen LogP contribution in [0.1, 0.15) is 56.5 Å². The molecule has 0 amide bonds. The van der Waals surface area contributed by atoms with Crippen LogP contribution in [0.2, 0.25) is 0 Å². The van der Waals surface area contributed by atoms with Crippen molar-refractivity contribution in [2.45, 2.75) is 52.5 Å². The Labute approximate surface area is 92.9 Å². The summed E-state index contributed by atoms with van der Waals surface area (Å²) in [5.74, 6) is 0. The molecule has 0 saturated carbocycles. The summed E-state index contributed by atoms with van der Waals surface area (Å²) in [4.78, 5) is 4.49. The minimum absolute atomic E-state index is 0.0437. The minimum atomic E-state index is 0.0437. The number of nitrogens with zero attached hydrogens (tertiary/aromatic N) is 1. The van der Waals surface area contributed by atoms with Crippen LogP contribution < -0.4 is 5.73 Å². The van der Waals surface area contributed by atoms with Crippen molar-refractivity contribution < 1.29 is 0 Å². The van der Waals surface area contributed by atoms with Crippen molar-refractivity contribution in [2.24, 2.45) is 5.73 Å². The van der Waals surface area contributed by atoms with E-state index in [2.05, 4.69) is 24.9 Å². The number of nitrogens with two attached hydrogens (primary N) is 1. The van der Waals surface area contributed by atoms with Gasteiger partial charge in [0.25, 0.3) is 0 Å². The molecule has 1 atom stereocenters. The fraction of sp³-hybridized carbons (Fsp3) is 0.615. The highest BCUT2D eigenvalue weighted by Crippen LogP contribution is 2.17. The highest BCUT2D eigenvalue weighted by molar-refractivity contribution is 5.27. The van der Waals surface area contributed by atoms with Crippen LogP contribution in [0.15, 0.2) is 12.3 Å². The van der Waals surface area contributed by atoms with Crippen LogP contribution in [0.4, 0.5) is 0 Å². The Morgan fingerprint density at radius 3 is 2.47 bits per heavy atom. The van der Waals surface area contributed by atoms with E-state index < -0.39 is 0 Å². The van der Waals surface area contributed by atoms with Crippen molar-refractivity contribution in [1.82, 2.24) is 4.98 Å². The van der Waals surface area contributed by atoms with E-state index in [9.17, 15) is 0 Å². The van der Waals surface area contributed by atoms with Crippen LogP contribution in [-0.2, 0) is 12.8 Å². The topological polar surface area (TPSA) is 38.9 Å². The molecule has 1 heterocycles. The molecule has 0 aromatic carbocycles. The van der Waals surface area contributed by atoms with Crippen LogP contribution in [0.3, 0.4) is 0 Å². The molecule has 0 fully saturated rings. The summed E-state index contributed by atoms with van der Waals surface area (Å²) >= 11 is 0. The maximum absolute atomic E-state index is 5.91. The van der Waals surface area contributed by atoms with Gasteiger partial charge in [0.15, 0.2) is 0 Å². The van der Waals surface area contributed by atoms with Crippen molar-refractivity contribution in [3.63, 3.8) is 0 Å². The summed E-state index contributed by atoms with van der Waals surface area (Å²) in [5, 5.41) is 0. The number of hydrogen-bond donors (Lipinski definition) is 1. The van der Waals surface area contributed by atoms with Gasteiger partial charge in [0.2, 0.25) is 0 Å². The van der Waals surface area contributed by atoms with Gasteiger partial charge in [0.05, 0.1) is 5.69 Å². The normalized spacial score (nSPS) is 12.8. The number of hydrogen-bond acceptors (Lipinski definition) is 2. The number of pyridine rings is 1. The van der Waals surface area contributed by atoms with E-state index in [4.69, 9.17) is 5.73 Å². The van der Waals surface area contributed by atoms with E-state index in [1.54, 1.807) is 0 Å². The number of aryl methyl sites for hydroxylation is 2. The van der Waals surface area contributed by atoms with E-state index in [0.717, 1.165) is 25.0 Å². The van der Waals surface area contributed by atoms with Crippen molar-refractivity contribution in [3.8, 4) is 0 Å². The molecule has 2 N–H and O–H groups in total. The van der Waals surface area contributed by atoms with Gasteiger partial charge in [-0.25, -0.2) is 0 Å². The molecule has 2 heteroatoms. The van der Waals surface area contributed by atoms with Crippen molar-refractivity contribution in [2.75, 3.05) is 0 Å². The first-order chi connectivity index (χ1) is 7.19. The Kier molecular flexibility index (Phi) is 4.76. The molecular weight excluding hydrogens is 184 g/mol. The third-order valence-corrected chi connectivity index (χ3v) is 2.55. The molecule has 1 rings (SSSR count). The highest BCUT2D eigenvalue weighted by atomic mass is 14.8. The Bertz CT molecular complexity index is 305. The lowest BCUT2D eigenvalue weighted by molar-refractivity contribution is 0.745. The Morgan fingerprint density at radius 1 is 1.27 bits per heavy atom. The second-order valence-corrected chi connectivity index (χ2v) is 4.18. The zero-order valence-corrected chi connectivity index (χ0v) is 10.1. The molecule has 1 aromatic heterocycles. The van der Waals surface area contributed by atoms with Crippen molar-refractivity contribution in [1.29, 1.82) is 0 Å². The van der Waals surface area contributed by atoms with Crippen LogP contribution in [-0.4, -0.2) is 4.98 Å². The molecule has 0 saturated heterocycles. The summed E-state index contributed by atoms with van der Waals surface area (Å²) < 4.78 is 0. The number of aromatic nitrogens is 1. The predicted octanol–water partition coefficient (Wildman–Crippen LogP) is 3.01. The summed E-state index contributed by atoms with van der Waals surface area (Å²) in [5.41, 5.74) is 9.64. The smallest absolute Gasteiger partial charge is 0.0600 e. The van der Waals surface area contributed by atoms with Gasteiger partial charge in [0.1, 0.15) is 0 Å². The van der Waals surface area contributed by atoms with Crippen LogP contribution >= 0.6 is 0 Å². The van der Waals surface area contributed by atoms with Crippen molar-refractivity contribution >= 4 is 0 Å². The molecule has 0 spiro atoms. The molecule has 2 nitrogen and oxygen atoms in total. The van der Waals surface area contributed by atoms with Gasteiger partial charge in [-0.2, -0.15) is 0 Å². The summed E-state index contributed by atoms with van der Waals surface area (Å²) in [7, 11) is 0. The van der Waals surface area contributed by atoms with Gasteiger partial charge < -0.3 is 5.73 Å². The monoisotopic (exact) mass is 206 g/mol. The molecule has 0 aliphatic carbocycles. The molecule has 0 bridgehead atoms. The molecular formula is C13H22N2. The van der Waals surface area contributed by atoms with Crippen molar-refractivity contribution in [3.05, 3.63) is 29.1 Å². The third-order valence-electron chi connectivity index (χ3n) is 2.55. The summed E-state index contributed by atoms with van der Waals surface area (Å²) in [6, 6.07) is 2.32. The Morgan fingerprint density at radius 2 is 1.93 bits per heavy atom. The molecule has 1 aromatic rings. The van der Waals surface area contributed by atoms with Gasteiger partial charge in [0, 0.05) is 12.2 Å². The fourth-order valence-corrected chi connectivity index (χ4v) is 1.88. The molecule has 84 valence electrons. The van der Waals surface area contributed by atoms with Crippen LogP contribution in [0, 0.1) is 0 Å². The average Bonchev–Trinajstić information content (AvgIpc) is 2.18. The highest BCUT2D eigenvalue weighted by Gasteiger charge is 2.08. The van der Waals surface area contributed by atoms with E-state index in [1.165, 1.54) is 17.5 Å². The fourth-order valence-electron chi connectivity index (χ4n) is 1.88. The largest absolute Gasteiger partial charge is 0.323 e. The van der Waals surface area contributed by atoms with Gasteiger partial charge in [-0.3, -0.25) is 4.98 Å². The molecule has 15 heavy (non-hydrogen) atoms. The maximum atomic E-state index is 5.91. The Hall–Kier alpha value is -0.890. The second kappa shape index (κ2) is 5.86.